The maximum Gasteiger partial charge on any atom is 0.294 e. The number of hydrogen-bond donors (Lipinski definition) is 6. The minimum absolute atomic E-state index is 0.00418. The van der Waals surface area contributed by atoms with Crippen molar-refractivity contribution in [3.05, 3.63) is 60.7 Å². The predicted molar refractivity (Wildman–Crippen MR) is 142 cm³/mol. The van der Waals surface area contributed by atoms with Gasteiger partial charge in [0.05, 0.1) is 32.5 Å². The molecule has 16 heteroatoms. The maximum atomic E-state index is 12.0. The summed E-state index contributed by atoms with van der Waals surface area (Å²) in [6.07, 6.45) is 0. The van der Waals surface area contributed by atoms with Crippen LogP contribution in [0.1, 0.15) is 0 Å². The third kappa shape index (κ3) is 5.68. The Morgan fingerprint density at radius 3 is 1.16 bits per heavy atom. The lowest BCUT2D eigenvalue weighted by Gasteiger charge is -2.10. The number of rotatable bonds is 6. The molecular formula is C22H20N8O6S2. The lowest BCUT2D eigenvalue weighted by atomic mass is 10.1. The van der Waals surface area contributed by atoms with Crippen LogP contribution in [0, 0.1) is 0 Å². The van der Waals surface area contributed by atoms with E-state index < -0.39 is 30.0 Å². The summed E-state index contributed by atoms with van der Waals surface area (Å²) in [5.74, 6) is 0. The van der Waals surface area contributed by atoms with Gasteiger partial charge in [0.2, 0.25) is 0 Å². The van der Waals surface area contributed by atoms with Crippen LogP contribution in [-0.2, 0) is 20.2 Å². The number of azo groups is 2. The lowest BCUT2D eigenvalue weighted by molar-refractivity contribution is 0.481. The highest BCUT2D eigenvalue weighted by molar-refractivity contribution is 7.86. The molecule has 0 amide bonds. The lowest BCUT2D eigenvalue weighted by Crippen LogP contribution is -2.00. The average molecular weight is 557 g/mol. The van der Waals surface area contributed by atoms with Crippen molar-refractivity contribution in [2.24, 2.45) is 20.5 Å². The summed E-state index contributed by atoms with van der Waals surface area (Å²) in [6.45, 7) is 0. The minimum Gasteiger partial charge on any atom is -0.399 e. The molecular weight excluding hydrogens is 536 g/mol. The Kier molecular flexibility index (Phi) is 6.73. The first-order valence-electron chi connectivity index (χ1n) is 10.4. The van der Waals surface area contributed by atoms with Gasteiger partial charge >= 0.3 is 0 Å². The summed E-state index contributed by atoms with van der Waals surface area (Å²) in [5, 5.41) is 16.0. The van der Waals surface area contributed by atoms with Crippen LogP contribution in [0.15, 0.2) is 90.9 Å². The number of fused-ring (bicyclic) bond motifs is 1. The molecule has 4 aromatic carbocycles. The van der Waals surface area contributed by atoms with E-state index in [2.05, 4.69) is 20.5 Å². The molecule has 0 atom stereocenters. The highest BCUT2D eigenvalue weighted by Gasteiger charge is 2.20. The van der Waals surface area contributed by atoms with E-state index in [1.54, 1.807) is 0 Å². The fourth-order valence-electron chi connectivity index (χ4n) is 3.38. The topological polar surface area (TPSA) is 262 Å². The van der Waals surface area contributed by atoms with Gasteiger partial charge in [0.25, 0.3) is 20.2 Å². The zero-order valence-corrected chi connectivity index (χ0v) is 20.8. The molecule has 0 radical (unpaired) electrons. The molecule has 0 saturated heterocycles. The molecule has 10 N–H and O–H groups in total. The highest BCUT2D eigenvalue weighted by atomic mass is 32.2. The fraction of sp³-hybridized carbons (Fsp3) is 0. The molecule has 0 aliphatic rings. The van der Waals surface area contributed by atoms with E-state index in [1.807, 2.05) is 0 Å². The van der Waals surface area contributed by atoms with Gasteiger partial charge in [0, 0.05) is 22.1 Å². The number of nitrogens with two attached hydrogens (primary N) is 4. The van der Waals surface area contributed by atoms with Gasteiger partial charge in [0.1, 0.15) is 11.4 Å². The Bertz CT molecular complexity index is 1740. The molecule has 14 nitrogen and oxygen atoms in total. The third-order valence-electron chi connectivity index (χ3n) is 5.20. The number of nitrogen functional groups attached to an aromatic ring is 4. The summed E-state index contributed by atoms with van der Waals surface area (Å²) >= 11 is 0. The number of anilines is 4. The standard InChI is InChI=1S/C22H20N8O6S2/c23-11-1-3-19(17(25)5-11)27-29-21-9-13(37(31,32)33)8-16-15(21)7-14(38(34,35)36)10-22(16)30-28-20-4-2-12(24)6-18(20)26/h1-10H,23-26H2,(H,31,32,33)(H,34,35,36). The Balaban J connectivity index is 2.01. The second-order valence-electron chi connectivity index (χ2n) is 7.97. The first-order valence-corrected chi connectivity index (χ1v) is 13.3. The van der Waals surface area contributed by atoms with Gasteiger partial charge in [-0.15, -0.1) is 20.5 Å². The van der Waals surface area contributed by atoms with Crippen LogP contribution in [0.25, 0.3) is 10.8 Å². The Morgan fingerprint density at radius 2 is 0.842 bits per heavy atom. The van der Waals surface area contributed by atoms with Gasteiger partial charge in [-0.2, -0.15) is 16.8 Å². The van der Waals surface area contributed by atoms with E-state index in [1.165, 1.54) is 36.4 Å². The van der Waals surface area contributed by atoms with Crippen molar-refractivity contribution in [3.8, 4) is 0 Å². The minimum atomic E-state index is -4.76. The molecule has 38 heavy (non-hydrogen) atoms. The van der Waals surface area contributed by atoms with Crippen molar-refractivity contribution in [1.82, 2.24) is 0 Å². The van der Waals surface area contributed by atoms with Gasteiger partial charge in [-0.1, -0.05) is 0 Å². The maximum absolute atomic E-state index is 12.0. The molecule has 0 spiro atoms. The van der Waals surface area contributed by atoms with Crippen molar-refractivity contribution in [1.29, 1.82) is 0 Å². The van der Waals surface area contributed by atoms with E-state index in [0.717, 1.165) is 24.3 Å². The molecule has 0 aromatic heterocycles. The summed E-state index contributed by atoms with van der Waals surface area (Å²) in [6, 6.07) is 12.8. The van der Waals surface area contributed by atoms with Gasteiger partial charge in [-0.25, -0.2) is 0 Å². The van der Waals surface area contributed by atoms with Crippen LogP contribution in [0.2, 0.25) is 0 Å². The van der Waals surface area contributed by atoms with Gasteiger partial charge in [0.15, 0.2) is 0 Å². The van der Waals surface area contributed by atoms with Gasteiger partial charge in [-0.05, 0) is 60.7 Å². The normalized spacial score (nSPS) is 12.6. The Labute approximate surface area is 216 Å². The molecule has 0 saturated carbocycles. The molecule has 0 aliphatic carbocycles. The number of hydrogen-bond acceptors (Lipinski definition) is 12. The van der Waals surface area contributed by atoms with E-state index >= 15 is 0 Å². The van der Waals surface area contributed by atoms with E-state index in [0.29, 0.717) is 11.4 Å². The molecule has 0 unspecified atom stereocenters. The van der Waals surface area contributed by atoms with Crippen LogP contribution in [0.5, 0.6) is 0 Å². The first kappa shape index (κ1) is 26.4. The molecule has 0 bridgehead atoms. The molecule has 0 aliphatic heterocycles. The highest BCUT2D eigenvalue weighted by Crippen LogP contribution is 2.40. The zero-order chi connectivity index (χ0) is 27.8. The van der Waals surface area contributed by atoms with Crippen LogP contribution < -0.4 is 22.9 Å². The number of nitrogens with zero attached hydrogens (tertiary/aromatic N) is 4. The quantitative estimate of drug-likeness (QED) is 0.110. The monoisotopic (exact) mass is 556 g/mol. The van der Waals surface area contributed by atoms with Crippen LogP contribution >= 0.6 is 0 Å². The summed E-state index contributed by atoms with van der Waals surface area (Å²) in [4.78, 5) is -1.18. The first-order chi connectivity index (χ1) is 17.7. The second-order valence-corrected chi connectivity index (χ2v) is 10.8. The van der Waals surface area contributed by atoms with Crippen LogP contribution in [0.4, 0.5) is 45.5 Å². The SMILES string of the molecule is Nc1ccc(N=Nc2cc(S(=O)(=O)O)cc3c(N=Nc4ccc(N)cc4N)cc(S(=O)(=O)O)cc23)c(N)c1. The summed E-state index contributed by atoms with van der Waals surface area (Å²) in [7, 11) is -9.53. The smallest absolute Gasteiger partial charge is 0.294 e. The Morgan fingerprint density at radius 1 is 0.500 bits per heavy atom. The largest absolute Gasteiger partial charge is 0.399 e. The van der Waals surface area contributed by atoms with Gasteiger partial charge < -0.3 is 22.9 Å². The van der Waals surface area contributed by atoms with E-state index in [-0.39, 0.29) is 44.9 Å². The predicted octanol–water partition coefficient (Wildman–Crippen LogP) is 4.49. The molecule has 0 heterocycles. The molecule has 196 valence electrons. The molecule has 4 aromatic rings. The zero-order valence-electron chi connectivity index (χ0n) is 19.2. The van der Waals surface area contributed by atoms with Crippen molar-refractivity contribution in [3.63, 3.8) is 0 Å². The fourth-order valence-corrected chi connectivity index (χ4v) is 4.43. The van der Waals surface area contributed by atoms with Crippen molar-refractivity contribution < 1.29 is 25.9 Å². The van der Waals surface area contributed by atoms with Crippen molar-refractivity contribution >= 4 is 76.5 Å². The average Bonchev–Trinajstić information content (AvgIpc) is 2.81. The van der Waals surface area contributed by atoms with Crippen molar-refractivity contribution in [2.75, 3.05) is 22.9 Å². The second kappa shape index (κ2) is 9.67. The van der Waals surface area contributed by atoms with Gasteiger partial charge in [-0.3, -0.25) is 9.11 Å². The summed E-state index contributed by atoms with van der Waals surface area (Å²) < 4.78 is 67.5. The Hall–Kier alpha value is -4.64. The third-order valence-corrected chi connectivity index (χ3v) is 6.87. The number of benzene rings is 4. The van der Waals surface area contributed by atoms with E-state index in [9.17, 15) is 25.9 Å². The molecule has 4 rings (SSSR count). The van der Waals surface area contributed by atoms with Crippen LogP contribution in [-0.4, -0.2) is 25.9 Å². The van der Waals surface area contributed by atoms with E-state index in [4.69, 9.17) is 22.9 Å². The molecule has 0 fully saturated rings. The van der Waals surface area contributed by atoms with Crippen molar-refractivity contribution in [2.45, 2.75) is 9.79 Å². The van der Waals surface area contributed by atoms with Crippen LogP contribution in [0.3, 0.4) is 0 Å². The summed E-state index contributed by atoms with van der Waals surface area (Å²) in [5.41, 5.74) is 24.2.